The van der Waals surface area contributed by atoms with Crippen LogP contribution in [-0.4, -0.2) is 59.6 Å². The van der Waals surface area contributed by atoms with Gasteiger partial charge in [0.05, 0.1) is 37.6 Å². The molecule has 0 aliphatic heterocycles. The van der Waals surface area contributed by atoms with Crippen LogP contribution in [-0.2, 0) is 14.3 Å². The van der Waals surface area contributed by atoms with Gasteiger partial charge in [0.1, 0.15) is 5.75 Å². The Balaban J connectivity index is 1.18. The molecule has 0 unspecified atom stereocenters. The number of carbonyl (C=O) groups excluding carboxylic acids is 2. The fourth-order valence-corrected chi connectivity index (χ4v) is 8.61. The number of carbonyl (C=O) groups is 2. The van der Waals surface area contributed by atoms with Gasteiger partial charge < -0.3 is 24.4 Å². The van der Waals surface area contributed by atoms with E-state index in [1.807, 2.05) is 12.1 Å². The number of benzene rings is 1. The number of aliphatic hydroxyl groups is 2. The van der Waals surface area contributed by atoms with Crippen LogP contribution in [0.1, 0.15) is 178 Å². The molecule has 55 heavy (non-hydrogen) atoms. The summed E-state index contributed by atoms with van der Waals surface area (Å²) in [6.07, 6.45) is 33.1. The molecule has 0 bridgehead atoms. The molecule has 0 spiro atoms. The third kappa shape index (κ3) is 18.2. The monoisotopic (exact) mass is 787 g/mol. The van der Waals surface area contributed by atoms with E-state index in [4.69, 9.17) is 25.8 Å². The van der Waals surface area contributed by atoms with Crippen LogP contribution >= 0.6 is 11.6 Å². The molecule has 1 aromatic rings. The first-order chi connectivity index (χ1) is 26.8. The normalized spacial score (nSPS) is 21.2. The second-order valence-electron chi connectivity index (χ2n) is 16.2. The van der Waals surface area contributed by atoms with Crippen LogP contribution < -0.4 is 4.74 Å². The number of alkyl halides is 1. The molecular weight excluding hydrogens is 712 g/mol. The molecular formula is C47H75ClO7. The third-order valence-corrected chi connectivity index (χ3v) is 12.5. The van der Waals surface area contributed by atoms with Gasteiger partial charge in [0, 0.05) is 24.1 Å². The molecule has 312 valence electrons. The van der Waals surface area contributed by atoms with Crippen molar-refractivity contribution in [1.82, 2.24) is 0 Å². The third-order valence-electron chi connectivity index (χ3n) is 12.0. The van der Waals surface area contributed by atoms with Crippen LogP contribution in [0, 0.1) is 17.3 Å². The Morgan fingerprint density at radius 2 is 1.53 bits per heavy atom. The average molecular weight is 788 g/mol. The zero-order valence-electron chi connectivity index (χ0n) is 34.4. The number of allylic oxidation sites excluding steroid dienone is 2. The largest absolute Gasteiger partial charge is 0.494 e. The van der Waals surface area contributed by atoms with E-state index in [0.29, 0.717) is 50.0 Å². The maximum atomic E-state index is 12.6. The predicted molar refractivity (Wildman–Crippen MR) is 225 cm³/mol. The van der Waals surface area contributed by atoms with E-state index in [1.54, 1.807) is 18.2 Å². The van der Waals surface area contributed by atoms with Crippen molar-refractivity contribution in [1.29, 1.82) is 0 Å². The summed E-state index contributed by atoms with van der Waals surface area (Å²) in [5.41, 5.74) is 0.529. The lowest BCUT2D eigenvalue weighted by Crippen LogP contribution is -2.40. The van der Waals surface area contributed by atoms with E-state index >= 15 is 0 Å². The fourth-order valence-electron chi connectivity index (χ4n) is 8.16. The van der Waals surface area contributed by atoms with Crippen molar-refractivity contribution in [2.24, 2.45) is 17.3 Å². The molecule has 0 heterocycles. The van der Waals surface area contributed by atoms with Crippen molar-refractivity contribution in [2.75, 3.05) is 19.8 Å². The zero-order chi connectivity index (χ0) is 39.6. The molecule has 3 rings (SSSR count). The highest BCUT2D eigenvalue weighted by Crippen LogP contribution is 2.48. The summed E-state index contributed by atoms with van der Waals surface area (Å²) >= 11 is 6.63. The molecule has 0 aromatic heterocycles. The van der Waals surface area contributed by atoms with Crippen molar-refractivity contribution in [3.05, 3.63) is 54.1 Å². The summed E-state index contributed by atoms with van der Waals surface area (Å²) in [4.78, 5) is 24.8. The summed E-state index contributed by atoms with van der Waals surface area (Å²) in [6, 6.07) is 7.12. The van der Waals surface area contributed by atoms with Crippen LogP contribution in [0.3, 0.4) is 0 Å². The SMILES string of the molecule is CCCCCCCCCCCCCCCOc1cccc(C(=O)OCCCOC(=O)CCC/C=C\C[C@@H]2[C@@H](/C=C/C[C@@H](O)C3(CC)CCC3)[C@H](O)C[C@H]2Cl)c1. The molecule has 2 fully saturated rings. The average Bonchev–Trinajstić information content (AvgIpc) is 3.43. The molecule has 2 saturated carbocycles. The quantitative estimate of drug-likeness (QED) is 0.0334. The number of rotatable bonds is 31. The molecule has 7 nitrogen and oxygen atoms in total. The van der Waals surface area contributed by atoms with Gasteiger partial charge in [-0.15, -0.1) is 11.6 Å². The number of unbranched alkanes of at least 4 members (excludes halogenated alkanes) is 13. The van der Waals surface area contributed by atoms with Crippen LogP contribution in [0.15, 0.2) is 48.6 Å². The summed E-state index contributed by atoms with van der Waals surface area (Å²) < 4.78 is 16.6. The van der Waals surface area contributed by atoms with Gasteiger partial charge in [0.25, 0.3) is 0 Å². The summed E-state index contributed by atoms with van der Waals surface area (Å²) in [7, 11) is 0. The summed E-state index contributed by atoms with van der Waals surface area (Å²) in [6.45, 7) is 5.45. The van der Waals surface area contributed by atoms with Crippen LogP contribution in [0.5, 0.6) is 5.75 Å². The Bertz CT molecular complexity index is 1240. The Morgan fingerprint density at radius 1 is 0.855 bits per heavy atom. The van der Waals surface area contributed by atoms with Gasteiger partial charge in [-0.3, -0.25) is 4.79 Å². The molecule has 2 N–H and O–H groups in total. The number of esters is 2. The lowest BCUT2D eigenvalue weighted by Gasteiger charge is -2.45. The standard InChI is InChI=1S/C47H75ClO7/c1-3-5-6-7-8-9-10-11-12-13-14-17-20-33-53-39-26-21-25-38(36-39)46(52)55-35-24-34-54-45(51)30-19-16-15-18-27-40-41(43(49)37-42(40)48)28-22-29-44(50)47(4-2)31-23-32-47/h15,18,21-22,25-26,28,36,40-44,49-50H,3-14,16-17,19-20,23-24,27,29-35,37H2,1-2H3/b18-15-,28-22+/t40-,41-,42-,43-,44-/m1/s1. The van der Waals surface area contributed by atoms with Crippen LogP contribution in [0.2, 0.25) is 0 Å². The van der Waals surface area contributed by atoms with Crippen molar-refractivity contribution in [3.8, 4) is 5.75 Å². The Labute approximate surface area is 339 Å². The number of halogens is 1. The first-order valence-electron chi connectivity index (χ1n) is 22.2. The Hall–Kier alpha value is -2.35. The lowest BCUT2D eigenvalue weighted by atomic mass is 9.63. The van der Waals surface area contributed by atoms with E-state index < -0.39 is 12.1 Å². The second-order valence-corrected chi connectivity index (χ2v) is 16.8. The van der Waals surface area contributed by atoms with Gasteiger partial charge >= 0.3 is 11.9 Å². The second kappa shape index (κ2) is 28.1. The van der Waals surface area contributed by atoms with E-state index in [0.717, 1.165) is 44.9 Å². The molecule has 5 atom stereocenters. The molecule has 0 radical (unpaired) electrons. The smallest absolute Gasteiger partial charge is 0.338 e. The van der Waals surface area contributed by atoms with Crippen molar-refractivity contribution >= 4 is 23.5 Å². The number of ether oxygens (including phenoxy) is 3. The van der Waals surface area contributed by atoms with Gasteiger partial charge in [-0.25, -0.2) is 4.79 Å². The number of hydrogen-bond acceptors (Lipinski definition) is 7. The van der Waals surface area contributed by atoms with Crippen molar-refractivity contribution < 1.29 is 34.0 Å². The highest BCUT2D eigenvalue weighted by atomic mass is 35.5. The molecule has 2 aliphatic rings. The highest BCUT2D eigenvalue weighted by molar-refractivity contribution is 6.21. The molecule has 0 amide bonds. The first-order valence-corrected chi connectivity index (χ1v) is 22.6. The fraction of sp³-hybridized carbons (Fsp3) is 0.745. The summed E-state index contributed by atoms with van der Waals surface area (Å²) in [5, 5.41) is 21.3. The lowest BCUT2D eigenvalue weighted by molar-refractivity contribution is -0.144. The minimum Gasteiger partial charge on any atom is -0.494 e. The van der Waals surface area contributed by atoms with Gasteiger partial charge in [-0.05, 0) is 87.3 Å². The molecule has 2 aliphatic carbocycles. The maximum absolute atomic E-state index is 12.6. The Kier molecular flexibility index (Phi) is 24.0. The van der Waals surface area contributed by atoms with Crippen molar-refractivity contribution in [2.45, 2.75) is 186 Å². The minimum absolute atomic E-state index is 0.0181. The van der Waals surface area contributed by atoms with Crippen LogP contribution in [0.25, 0.3) is 0 Å². The molecule has 0 saturated heterocycles. The van der Waals surface area contributed by atoms with Crippen molar-refractivity contribution in [3.63, 3.8) is 0 Å². The van der Waals surface area contributed by atoms with E-state index in [2.05, 4.69) is 32.1 Å². The molecule has 8 heteroatoms. The predicted octanol–water partition coefficient (Wildman–Crippen LogP) is 11.9. The maximum Gasteiger partial charge on any atom is 0.338 e. The van der Waals surface area contributed by atoms with Gasteiger partial charge in [0.15, 0.2) is 0 Å². The topological polar surface area (TPSA) is 102 Å². The van der Waals surface area contributed by atoms with E-state index in [9.17, 15) is 19.8 Å². The van der Waals surface area contributed by atoms with Crippen LogP contribution in [0.4, 0.5) is 0 Å². The van der Waals surface area contributed by atoms with E-state index in [1.165, 1.54) is 77.0 Å². The first kappa shape index (κ1) is 47.0. The van der Waals surface area contributed by atoms with Gasteiger partial charge in [0.2, 0.25) is 0 Å². The zero-order valence-corrected chi connectivity index (χ0v) is 35.2. The number of hydrogen-bond donors (Lipinski definition) is 2. The Morgan fingerprint density at radius 3 is 2.18 bits per heavy atom. The highest BCUT2D eigenvalue weighted by Gasteiger charge is 2.42. The van der Waals surface area contributed by atoms with E-state index in [-0.39, 0.29) is 47.9 Å². The van der Waals surface area contributed by atoms with Gasteiger partial charge in [-0.1, -0.05) is 128 Å². The molecule has 1 aromatic carbocycles. The van der Waals surface area contributed by atoms with Gasteiger partial charge in [-0.2, -0.15) is 0 Å². The summed E-state index contributed by atoms with van der Waals surface area (Å²) in [5.74, 6) is 0.130. The number of aliphatic hydroxyl groups excluding tert-OH is 2. The minimum atomic E-state index is -0.467.